The van der Waals surface area contributed by atoms with Gasteiger partial charge in [0.1, 0.15) is 0 Å². The third-order valence-electron chi connectivity index (χ3n) is 3.71. The van der Waals surface area contributed by atoms with Gasteiger partial charge in [0.25, 0.3) is 10.0 Å². The van der Waals surface area contributed by atoms with E-state index in [9.17, 15) is 16.8 Å². The first kappa shape index (κ1) is 18.1. The molecule has 0 saturated heterocycles. The molecule has 8 heteroatoms. The van der Waals surface area contributed by atoms with Gasteiger partial charge in [0.15, 0.2) is 0 Å². The number of benzene rings is 3. The molecule has 0 aliphatic heterocycles. The second-order valence-corrected chi connectivity index (χ2v) is 8.81. The molecular weight excluding hydrogens is 372 g/mol. The van der Waals surface area contributed by atoms with Gasteiger partial charge in [-0.2, -0.15) is 0 Å². The molecule has 0 radical (unpaired) electrons. The van der Waals surface area contributed by atoms with E-state index in [2.05, 4.69) is 4.72 Å². The third-order valence-corrected chi connectivity index (χ3v) is 6.03. The molecule has 0 amide bonds. The quantitative estimate of drug-likeness (QED) is 0.701. The molecule has 3 aromatic rings. The van der Waals surface area contributed by atoms with Gasteiger partial charge in [0, 0.05) is 5.69 Å². The minimum atomic E-state index is -3.87. The summed E-state index contributed by atoms with van der Waals surface area (Å²) in [7, 11) is -7.71. The predicted molar refractivity (Wildman–Crippen MR) is 101 cm³/mol. The minimum Gasteiger partial charge on any atom is -0.280 e. The van der Waals surface area contributed by atoms with Crippen LogP contribution in [0.2, 0.25) is 0 Å². The van der Waals surface area contributed by atoms with Crippen molar-refractivity contribution in [2.75, 3.05) is 4.72 Å². The number of rotatable bonds is 5. The number of hydrogen-bond acceptors (Lipinski definition) is 4. The van der Waals surface area contributed by atoms with Crippen LogP contribution in [-0.2, 0) is 20.0 Å². The summed E-state index contributed by atoms with van der Waals surface area (Å²) < 4.78 is 49.8. The summed E-state index contributed by atoms with van der Waals surface area (Å²) in [6.07, 6.45) is 0. The first-order valence-corrected chi connectivity index (χ1v) is 10.6. The number of sulfonamides is 2. The van der Waals surface area contributed by atoms with E-state index in [1.165, 1.54) is 12.1 Å². The van der Waals surface area contributed by atoms with Crippen molar-refractivity contribution < 1.29 is 16.8 Å². The molecule has 0 bridgehead atoms. The van der Waals surface area contributed by atoms with Crippen LogP contribution in [-0.4, -0.2) is 16.8 Å². The van der Waals surface area contributed by atoms with Crippen molar-refractivity contribution in [3.8, 4) is 11.1 Å². The Labute approximate surface area is 152 Å². The fourth-order valence-electron chi connectivity index (χ4n) is 2.38. The van der Waals surface area contributed by atoms with Crippen molar-refractivity contribution in [3.05, 3.63) is 78.9 Å². The van der Waals surface area contributed by atoms with Gasteiger partial charge in [-0.1, -0.05) is 42.5 Å². The number of nitrogens with two attached hydrogens (primary N) is 1. The molecule has 0 heterocycles. The zero-order chi connectivity index (χ0) is 18.8. The second-order valence-electron chi connectivity index (χ2n) is 5.57. The number of primary sulfonamides is 1. The van der Waals surface area contributed by atoms with Gasteiger partial charge in [-0.05, 0) is 47.5 Å². The smallest absolute Gasteiger partial charge is 0.261 e. The summed E-state index contributed by atoms with van der Waals surface area (Å²) in [5, 5.41) is 5.01. The second kappa shape index (κ2) is 6.91. The molecular formula is C18H16N2O4S2. The average molecular weight is 388 g/mol. The molecule has 0 spiro atoms. The molecule has 0 saturated carbocycles. The lowest BCUT2D eigenvalue weighted by atomic mass is 10.1. The summed E-state index contributed by atoms with van der Waals surface area (Å²) in [6, 6.07) is 21.4. The fourth-order valence-corrected chi connectivity index (χ4v) is 3.96. The minimum absolute atomic E-state index is 0.0583. The van der Waals surface area contributed by atoms with E-state index in [0.717, 1.165) is 23.3 Å². The Balaban J connectivity index is 1.81. The fraction of sp³-hybridized carbons (Fsp3) is 0. The van der Waals surface area contributed by atoms with Crippen LogP contribution in [0.3, 0.4) is 0 Å². The van der Waals surface area contributed by atoms with Gasteiger partial charge in [0.2, 0.25) is 10.0 Å². The van der Waals surface area contributed by atoms with Crippen molar-refractivity contribution in [2.45, 2.75) is 9.79 Å². The third kappa shape index (κ3) is 4.10. The SMILES string of the molecule is NS(=O)(=O)c1ccc(S(=O)(=O)Nc2ccc(-c3ccccc3)cc2)cc1. The lowest BCUT2D eigenvalue weighted by molar-refractivity contribution is 0.595. The topological polar surface area (TPSA) is 106 Å². The van der Waals surface area contributed by atoms with Crippen LogP contribution in [0.1, 0.15) is 0 Å². The highest BCUT2D eigenvalue weighted by molar-refractivity contribution is 7.92. The molecule has 6 nitrogen and oxygen atoms in total. The van der Waals surface area contributed by atoms with Crippen LogP contribution < -0.4 is 9.86 Å². The normalized spacial score (nSPS) is 11.9. The summed E-state index contributed by atoms with van der Waals surface area (Å²) in [5.74, 6) is 0. The molecule has 0 unspecified atom stereocenters. The van der Waals surface area contributed by atoms with E-state index >= 15 is 0 Å². The van der Waals surface area contributed by atoms with Gasteiger partial charge in [-0.3, -0.25) is 4.72 Å². The Kier molecular flexibility index (Phi) is 4.82. The van der Waals surface area contributed by atoms with Gasteiger partial charge in [-0.15, -0.1) is 0 Å². The first-order valence-electron chi connectivity index (χ1n) is 7.57. The Morgan fingerprint density at radius 1 is 0.615 bits per heavy atom. The van der Waals surface area contributed by atoms with Crippen molar-refractivity contribution >= 4 is 25.7 Å². The molecule has 0 atom stereocenters. The van der Waals surface area contributed by atoms with Crippen LogP contribution in [0.25, 0.3) is 11.1 Å². The lowest BCUT2D eigenvalue weighted by Crippen LogP contribution is -2.15. The summed E-state index contributed by atoms with van der Waals surface area (Å²) in [6.45, 7) is 0. The van der Waals surface area contributed by atoms with E-state index in [0.29, 0.717) is 5.69 Å². The molecule has 3 rings (SSSR count). The number of anilines is 1. The van der Waals surface area contributed by atoms with Crippen LogP contribution in [0.15, 0.2) is 88.7 Å². The highest BCUT2D eigenvalue weighted by Gasteiger charge is 2.16. The number of nitrogens with one attached hydrogen (secondary N) is 1. The predicted octanol–water partition coefficient (Wildman–Crippen LogP) is 2.80. The maximum Gasteiger partial charge on any atom is 0.261 e. The van der Waals surface area contributed by atoms with Crippen molar-refractivity contribution in [1.82, 2.24) is 0 Å². The van der Waals surface area contributed by atoms with Crippen molar-refractivity contribution in [1.29, 1.82) is 0 Å². The van der Waals surface area contributed by atoms with Crippen LogP contribution in [0.4, 0.5) is 5.69 Å². The van der Waals surface area contributed by atoms with Gasteiger partial charge in [-0.25, -0.2) is 22.0 Å². The van der Waals surface area contributed by atoms with Crippen LogP contribution in [0.5, 0.6) is 0 Å². The molecule has 0 aliphatic carbocycles. The molecule has 3 N–H and O–H groups in total. The molecule has 0 fully saturated rings. The van der Waals surface area contributed by atoms with Crippen LogP contribution in [0, 0.1) is 0 Å². The zero-order valence-electron chi connectivity index (χ0n) is 13.5. The highest BCUT2D eigenvalue weighted by atomic mass is 32.2. The van der Waals surface area contributed by atoms with E-state index in [1.807, 2.05) is 42.5 Å². The summed E-state index contributed by atoms with van der Waals surface area (Å²) in [4.78, 5) is -0.208. The maximum atomic E-state index is 12.4. The Hall–Kier alpha value is -2.68. The monoisotopic (exact) mass is 388 g/mol. The van der Waals surface area contributed by atoms with Crippen molar-refractivity contribution in [2.24, 2.45) is 5.14 Å². The van der Waals surface area contributed by atoms with Gasteiger partial charge >= 0.3 is 0 Å². The average Bonchev–Trinajstić information content (AvgIpc) is 2.62. The van der Waals surface area contributed by atoms with Gasteiger partial charge in [0.05, 0.1) is 9.79 Å². The first-order chi connectivity index (χ1) is 12.3. The summed E-state index contributed by atoms with van der Waals surface area (Å²) in [5.41, 5.74) is 2.40. The van der Waals surface area contributed by atoms with E-state index < -0.39 is 20.0 Å². The highest BCUT2D eigenvalue weighted by Crippen LogP contribution is 2.23. The maximum absolute atomic E-state index is 12.4. The Bertz CT molecular complexity index is 1110. The number of hydrogen-bond donors (Lipinski definition) is 2. The standard InChI is InChI=1S/C18H16N2O4S2/c19-25(21,22)17-10-12-18(13-11-17)26(23,24)20-16-8-6-15(7-9-16)14-4-2-1-3-5-14/h1-13,20H,(H2,19,21,22). The zero-order valence-corrected chi connectivity index (χ0v) is 15.2. The van der Waals surface area contributed by atoms with E-state index in [-0.39, 0.29) is 9.79 Å². The Morgan fingerprint density at radius 2 is 1.12 bits per heavy atom. The largest absolute Gasteiger partial charge is 0.280 e. The molecule has 26 heavy (non-hydrogen) atoms. The summed E-state index contributed by atoms with van der Waals surface area (Å²) >= 11 is 0. The molecule has 0 aromatic heterocycles. The van der Waals surface area contributed by atoms with Crippen LogP contribution >= 0.6 is 0 Å². The lowest BCUT2D eigenvalue weighted by Gasteiger charge is -2.09. The molecule has 0 aliphatic rings. The van der Waals surface area contributed by atoms with E-state index in [4.69, 9.17) is 5.14 Å². The van der Waals surface area contributed by atoms with E-state index in [1.54, 1.807) is 12.1 Å². The van der Waals surface area contributed by atoms with Crippen molar-refractivity contribution in [3.63, 3.8) is 0 Å². The molecule has 3 aromatic carbocycles. The molecule has 134 valence electrons. The van der Waals surface area contributed by atoms with Gasteiger partial charge < -0.3 is 0 Å². The Morgan fingerprint density at radius 3 is 1.65 bits per heavy atom.